The minimum atomic E-state index is -0.686. The van der Waals surface area contributed by atoms with E-state index in [0.717, 1.165) is 35.4 Å². The second-order valence-corrected chi connectivity index (χ2v) is 9.27. The monoisotopic (exact) mass is 476 g/mol. The molecule has 4 rings (SSSR count). The van der Waals surface area contributed by atoms with Crippen molar-refractivity contribution in [3.05, 3.63) is 82.1 Å². The molecule has 0 saturated heterocycles. The molecule has 3 aromatic rings. The van der Waals surface area contributed by atoms with Crippen LogP contribution in [0.15, 0.2) is 65.9 Å². The molecule has 0 saturated carbocycles. The molecular formula is C27H28N2O4S. The van der Waals surface area contributed by atoms with Gasteiger partial charge in [-0.15, -0.1) is 11.3 Å². The van der Waals surface area contributed by atoms with E-state index in [0.29, 0.717) is 22.9 Å². The summed E-state index contributed by atoms with van der Waals surface area (Å²) in [6, 6.07) is 16.3. The van der Waals surface area contributed by atoms with Gasteiger partial charge in [-0.3, -0.25) is 9.59 Å². The van der Waals surface area contributed by atoms with Crippen LogP contribution >= 0.6 is 11.3 Å². The van der Waals surface area contributed by atoms with Crippen LogP contribution in [0.3, 0.4) is 0 Å². The Kier molecular flexibility index (Phi) is 7.12. The van der Waals surface area contributed by atoms with E-state index in [1.165, 1.54) is 11.3 Å². The lowest BCUT2D eigenvalue weighted by molar-refractivity contribution is -0.129. The highest BCUT2D eigenvalue weighted by Crippen LogP contribution is 2.41. The van der Waals surface area contributed by atoms with Crippen molar-refractivity contribution >= 4 is 23.0 Å². The molecule has 34 heavy (non-hydrogen) atoms. The number of ether oxygens (including phenoxy) is 1. The molecule has 176 valence electrons. The van der Waals surface area contributed by atoms with Gasteiger partial charge in [-0.05, 0) is 31.0 Å². The summed E-state index contributed by atoms with van der Waals surface area (Å²) in [7, 11) is 1.57. The number of amides is 1. The van der Waals surface area contributed by atoms with Crippen LogP contribution in [0.2, 0.25) is 0 Å². The van der Waals surface area contributed by atoms with Crippen molar-refractivity contribution in [1.29, 1.82) is 0 Å². The predicted molar refractivity (Wildman–Crippen MR) is 133 cm³/mol. The SMILES string of the molecule is CCCCCN1C(=O)C(O)=C(C(=O)c2sc(-c3ccccc3)nc2C)C1c1cccc(OC)c1. The Hall–Kier alpha value is -3.45. The van der Waals surface area contributed by atoms with Crippen LogP contribution < -0.4 is 4.74 Å². The molecular weight excluding hydrogens is 448 g/mol. The molecule has 1 unspecified atom stereocenters. The number of methoxy groups -OCH3 is 1. The number of unbranched alkanes of at least 4 members (excludes halogenated alkanes) is 2. The van der Waals surface area contributed by atoms with Crippen LogP contribution in [-0.2, 0) is 4.79 Å². The number of carbonyl (C=O) groups is 2. The first kappa shape index (κ1) is 23.7. The molecule has 2 aromatic carbocycles. The van der Waals surface area contributed by atoms with Crippen molar-refractivity contribution < 1.29 is 19.4 Å². The van der Waals surface area contributed by atoms with Gasteiger partial charge in [-0.25, -0.2) is 4.98 Å². The van der Waals surface area contributed by atoms with E-state index in [9.17, 15) is 14.7 Å². The predicted octanol–water partition coefficient (Wildman–Crippen LogP) is 5.90. The van der Waals surface area contributed by atoms with Crippen molar-refractivity contribution in [3.63, 3.8) is 0 Å². The van der Waals surface area contributed by atoms with Gasteiger partial charge in [-0.2, -0.15) is 0 Å². The van der Waals surface area contributed by atoms with Crippen LogP contribution in [-0.4, -0.2) is 40.3 Å². The number of hydrogen-bond acceptors (Lipinski definition) is 6. The van der Waals surface area contributed by atoms with Crippen LogP contribution in [0.1, 0.15) is 53.2 Å². The lowest BCUT2D eigenvalue weighted by Crippen LogP contribution is -2.32. The summed E-state index contributed by atoms with van der Waals surface area (Å²) < 4.78 is 5.38. The number of Topliss-reactive ketones (excluding diaryl/α,β-unsaturated/α-hetero) is 1. The third-order valence-electron chi connectivity index (χ3n) is 5.98. The van der Waals surface area contributed by atoms with Crippen molar-refractivity contribution in [1.82, 2.24) is 9.88 Å². The molecule has 7 heteroatoms. The van der Waals surface area contributed by atoms with E-state index in [4.69, 9.17) is 4.74 Å². The summed E-state index contributed by atoms with van der Waals surface area (Å²) in [5, 5.41) is 11.6. The molecule has 0 aliphatic carbocycles. The molecule has 1 N–H and O–H groups in total. The van der Waals surface area contributed by atoms with Crippen LogP contribution in [0.25, 0.3) is 10.6 Å². The number of aryl methyl sites for hydroxylation is 1. The maximum atomic E-state index is 13.8. The molecule has 0 radical (unpaired) electrons. The number of benzene rings is 2. The highest BCUT2D eigenvalue weighted by atomic mass is 32.1. The Bertz CT molecular complexity index is 1230. The van der Waals surface area contributed by atoms with E-state index in [1.807, 2.05) is 54.6 Å². The average Bonchev–Trinajstić information content (AvgIpc) is 3.37. The quantitative estimate of drug-likeness (QED) is 0.307. The van der Waals surface area contributed by atoms with Crippen molar-refractivity contribution in [2.45, 2.75) is 39.2 Å². The normalized spacial score (nSPS) is 15.8. The molecule has 6 nitrogen and oxygen atoms in total. The number of rotatable bonds is 9. The first-order valence-corrected chi connectivity index (χ1v) is 12.2. The van der Waals surface area contributed by atoms with Gasteiger partial charge >= 0.3 is 0 Å². The molecule has 2 heterocycles. The maximum Gasteiger partial charge on any atom is 0.290 e. The van der Waals surface area contributed by atoms with Crippen LogP contribution in [0.5, 0.6) is 5.75 Å². The zero-order chi connectivity index (χ0) is 24.2. The summed E-state index contributed by atoms with van der Waals surface area (Å²) in [6.07, 6.45) is 2.74. The van der Waals surface area contributed by atoms with Crippen molar-refractivity contribution in [2.24, 2.45) is 0 Å². The van der Waals surface area contributed by atoms with Gasteiger partial charge in [-0.1, -0.05) is 62.2 Å². The molecule has 0 bridgehead atoms. The van der Waals surface area contributed by atoms with E-state index in [2.05, 4.69) is 11.9 Å². The molecule has 1 amide bonds. The second kappa shape index (κ2) is 10.2. The van der Waals surface area contributed by atoms with Crippen LogP contribution in [0, 0.1) is 6.92 Å². The Labute approximate surface area is 203 Å². The van der Waals surface area contributed by atoms with Gasteiger partial charge in [0.15, 0.2) is 5.76 Å². The summed E-state index contributed by atoms with van der Waals surface area (Å²) in [5.74, 6) is -0.744. The molecule has 0 fully saturated rings. The van der Waals surface area contributed by atoms with Gasteiger partial charge in [0, 0.05) is 12.1 Å². The van der Waals surface area contributed by atoms with Gasteiger partial charge in [0.1, 0.15) is 10.8 Å². The molecule has 1 atom stereocenters. The smallest absolute Gasteiger partial charge is 0.290 e. The largest absolute Gasteiger partial charge is 0.503 e. The van der Waals surface area contributed by atoms with E-state index >= 15 is 0 Å². The lowest BCUT2D eigenvalue weighted by Gasteiger charge is -2.27. The summed E-state index contributed by atoms with van der Waals surface area (Å²) in [5.41, 5.74) is 2.32. The van der Waals surface area contributed by atoms with Crippen molar-refractivity contribution in [2.75, 3.05) is 13.7 Å². The van der Waals surface area contributed by atoms with Gasteiger partial charge in [0.25, 0.3) is 5.91 Å². The highest BCUT2D eigenvalue weighted by Gasteiger charge is 2.44. The number of nitrogens with zero attached hydrogens (tertiary/aromatic N) is 2. The zero-order valence-corrected chi connectivity index (χ0v) is 20.4. The summed E-state index contributed by atoms with van der Waals surface area (Å²) >= 11 is 1.28. The first-order chi connectivity index (χ1) is 16.5. The summed E-state index contributed by atoms with van der Waals surface area (Å²) in [4.78, 5) is 33.6. The molecule has 1 aliphatic rings. The lowest BCUT2D eigenvalue weighted by atomic mass is 9.94. The number of aromatic nitrogens is 1. The van der Waals surface area contributed by atoms with Gasteiger partial charge in [0.2, 0.25) is 5.78 Å². The fraction of sp³-hybridized carbons (Fsp3) is 0.296. The molecule has 0 spiro atoms. The second-order valence-electron chi connectivity index (χ2n) is 8.28. The number of aliphatic hydroxyl groups excluding tert-OH is 1. The Morgan fingerprint density at radius 1 is 1.15 bits per heavy atom. The zero-order valence-electron chi connectivity index (χ0n) is 19.6. The van der Waals surface area contributed by atoms with Gasteiger partial charge in [0.05, 0.1) is 29.3 Å². The van der Waals surface area contributed by atoms with E-state index in [1.54, 1.807) is 18.9 Å². The third kappa shape index (κ3) is 4.48. The Morgan fingerprint density at radius 2 is 1.91 bits per heavy atom. The van der Waals surface area contributed by atoms with E-state index in [-0.39, 0.29) is 11.4 Å². The number of aliphatic hydroxyl groups is 1. The third-order valence-corrected chi connectivity index (χ3v) is 7.19. The van der Waals surface area contributed by atoms with E-state index < -0.39 is 17.7 Å². The fourth-order valence-corrected chi connectivity index (χ4v) is 5.27. The first-order valence-electron chi connectivity index (χ1n) is 11.4. The highest BCUT2D eigenvalue weighted by molar-refractivity contribution is 7.17. The molecule has 1 aromatic heterocycles. The number of ketones is 1. The summed E-state index contributed by atoms with van der Waals surface area (Å²) in [6.45, 7) is 4.32. The Balaban J connectivity index is 1.77. The number of thiazole rings is 1. The number of carbonyl (C=O) groups excluding carboxylic acids is 2. The standard InChI is InChI=1S/C27H28N2O4S/c1-4-5-9-15-29-22(19-13-10-14-20(16-19)33-3)21(24(31)27(29)32)23(30)25-17(2)28-26(34-25)18-11-7-6-8-12-18/h6-8,10-14,16,22,31H,4-5,9,15H2,1-3H3. The number of hydrogen-bond donors (Lipinski definition) is 1. The van der Waals surface area contributed by atoms with Crippen LogP contribution in [0.4, 0.5) is 0 Å². The fourth-order valence-electron chi connectivity index (χ4n) is 4.24. The average molecular weight is 477 g/mol. The molecule has 1 aliphatic heterocycles. The Morgan fingerprint density at radius 3 is 2.62 bits per heavy atom. The minimum Gasteiger partial charge on any atom is -0.503 e. The van der Waals surface area contributed by atoms with Crippen molar-refractivity contribution in [3.8, 4) is 16.3 Å². The maximum absolute atomic E-state index is 13.8. The topological polar surface area (TPSA) is 79.7 Å². The van der Waals surface area contributed by atoms with Gasteiger partial charge < -0.3 is 14.7 Å². The minimum absolute atomic E-state index is 0.0983.